The minimum absolute atomic E-state index is 0.0699. The molecule has 1 saturated heterocycles. The number of rotatable bonds is 4. The summed E-state index contributed by atoms with van der Waals surface area (Å²) in [6, 6.07) is 14.1. The van der Waals surface area contributed by atoms with Gasteiger partial charge in [0.05, 0.1) is 13.2 Å². The van der Waals surface area contributed by atoms with Crippen molar-refractivity contribution in [2.45, 2.75) is 6.42 Å². The van der Waals surface area contributed by atoms with Crippen molar-refractivity contribution >= 4 is 11.6 Å². The van der Waals surface area contributed by atoms with Crippen LogP contribution in [-0.4, -0.2) is 43.7 Å². The minimum Gasteiger partial charge on any atom is -0.379 e. The Balaban J connectivity index is 1.57. The van der Waals surface area contributed by atoms with E-state index in [1.54, 1.807) is 0 Å². The lowest BCUT2D eigenvalue weighted by Gasteiger charge is -2.26. The van der Waals surface area contributed by atoms with Gasteiger partial charge in [-0.2, -0.15) is 0 Å². The van der Waals surface area contributed by atoms with Crippen LogP contribution in [-0.2, 0) is 9.53 Å². The number of carbonyl (C=O) groups excluding carboxylic acids is 1. The number of ether oxygens (including phenoxy) is 1. The van der Waals surface area contributed by atoms with Gasteiger partial charge in [0, 0.05) is 37.3 Å². The monoisotopic (exact) mass is 284 g/mol. The van der Waals surface area contributed by atoms with Crippen molar-refractivity contribution in [2.24, 2.45) is 0 Å². The second kappa shape index (κ2) is 6.70. The Morgan fingerprint density at radius 1 is 1.10 bits per heavy atom. The lowest BCUT2D eigenvalue weighted by molar-refractivity contribution is -0.116. The molecule has 0 aromatic rings. The molecule has 1 fully saturated rings. The van der Waals surface area contributed by atoms with Crippen LogP contribution in [0.25, 0.3) is 11.1 Å². The first-order valence-electron chi connectivity index (χ1n) is 7.41. The number of amides is 1. The zero-order chi connectivity index (χ0) is 14.5. The Morgan fingerprint density at radius 3 is 2.76 bits per heavy atom. The van der Waals surface area contributed by atoms with Crippen LogP contribution in [0.5, 0.6) is 0 Å². The second-order valence-corrected chi connectivity index (χ2v) is 5.28. The van der Waals surface area contributed by atoms with Crippen LogP contribution < -0.4 is 5.32 Å². The molecule has 3 aliphatic rings. The molecule has 0 unspecified atom stereocenters. The molecule has 0 bridgehead atoms. The molecule has 1 amide bonds. The smallest absolute Gasteiger partial charge is 0.225 e. The summed E-state index contributed by atoms with van der Waals surface area (Å²) in [4.78, 5) is 14.4. The highest BCUT2D eigenvalue weighted by Crippen LogP contribution is 2.31. The van der Waals surface area contributed by atoms with Gasteiger partial charge in [-0.25, -0.2) is 0 Å². The number of fused-ring (bicyclic) bond motifs is 1. The number of hydrogen-bond acceptors (Lipinski definition) is 3. The number of hydrogen-bond donors (Lipinski definition) is 1. The summed E-state index contributed by atoms with van der Waals surface area (Å²) in [6.45, 7) is 4.17. The van der Waals surface area contributed by atoms with Crippen LogP contribution in [0.4, 0.5) is 5.69 Å². The quantitative estimate of drug-likeness (QED) is 0.937. The Hall–Kier alpha value is -1.91. The Morgan fingerprint density at radius 2 is 1.90 bits per heavy atom. The van der Waals surface area contributed by atoms with Crippen LogP contribution in [0, 0.1) is 0 Å². The summed E-state index contributed by atoms with van der Waals surface area (Å²) in [5, 5.41) is 3.02. The molecule has 0 saturated carbocycles. The fraction of sp³-hybridized carbons (Fsp3) is 0.353. The Kier molecular flexibility index (Phi) is 4.48. The highest BCUT2D eigenvalue weighted by molar-refractivity contribution is 5.96. The van der Waals surface area contributed by atoms with Gasteiger partial charge in [0.25, 0.3) is 0 Å². The van der Waals surface area contributed by atoms with Gasteiger partial charge in [-0.15, -0.1) is 0 Å². The fourth-order valence-corrected chi connectivity index (χ4v) is 2.62. The lowest BCUT2D eigenvalue weighted by atomic mass is 10.2. The summed E-state index contributed by atoms with van der Waals surface area (Å²) >= 11 is 0. The topological polar surface area (TPSA) is 41.6 Å². The van der Waals surface area contributed by atoms with Gasteiger partial charge in [0.1, 0.15) is 0 Å². The maximum atomic E-state index is 12.1. The molecule has 0 aromatic heterocycles. The van der Waals surface area contributed by atoms with Gasteiger partial charge in [-0.05, 0) is 11.6 Å². The Bertz CT molecular complexity index is 579. The van der Waals surface area contributed by atoms with Crippen LogP contribution in [0.2, 0.25) is 0 Å². The van der Waals surface area contributed by atoms with E-state index < -0.39 is 0 Å². The molecule has 0 atom stereocenters. The molecule has 4 heteroatoms. The summed E-state index contributed by atoms with van der Waals surface area (Å²) in [5.41, 5.74) is 3.12. The van der Waals surface area contributed by atoms with Crippen LogP contribution in [0.15, 0.2) is 42.5 Å². The largest absolute Gasteiger partial charge is 0.379 e. The van der Waals surface area contributed by atoms with Gasteiger partial charge in [0.15, 0.2) is 0 Å². The van der Waals surface area contributed by atoms with Crippen LogP contribution in [0.3, 0.4) is 0 Å². The normalized spacial score (nSPS) is 16.0. The molecular weight excluding hydrogens is 264 g/mol. The predicted molar refractivity (Wildman–Crippen MR) is 83.6 cm³/mol. The standard InChI is InChI=1S/C17H20N2O2/c20-17(8-9-19-10-12-21-13-11-19)18-16-7-6-14-4-2-1-3-5-15(14)16/h1-7H,8-13H2,(H,18,20). The Labute approximate surface area is 125 Å². The highest BCUT2D eigenvalue weighted by atomic mass is 16.5. The van der Waals surface area contributed by atoms with Crippen molar-refractivity contribution < 1.29 is 9.53 Å². The number of nitrogens with one attached hydrogen (secondary N) is 1. The lowest BCUT2D eigenvalue weighted by Crippen LogP contribution is -2.38. The van der Waals surface area contributed by atoms with E-state index in [9.17, 15) is 4.79 Å². The average molecular weight is 284 g/mol. The summed E-state index contributed by atoms with van der Waals surface area (Å²) in [5.74, 6) is 0.0699. The van der Waals surface area contributed by atoms with Crippen molar-refractivity contribution in [3.8, 4) is 11.1 Å². The first kappa shape index (κ1) is 14.0. The summed E-state index contributed by atoms with van der Waals surface area (Å²) < 4.78 is 5.31. The van der Waals surface area contributed by atoms with Crippen LogP contribution >= 0.6 is 0 Å². The maximum Gasteiger partial charge on any atom is 0.225 e. The van der Waals surface area contributed by atoms with Gasteiger partial charge in [-0.3, -0.25) is 9.69 Å². The highest BCUT2D eigenvalue weighted by Gasteiger charge is 2.14. The summed E-state index contributed by atoms with van der Waals surface area (Å²) in [6.07, 6.45) is 0.519. The molecule has 0 aromatic carbocycles. The van der Waals surface area contributed by atoms with E-state index in [1.165, 1.54) is 0 Å². The molecule has 2 aliphatic carbocycles. The number of nitrogens with zero attached hydrogens (tertiary/aromatic N) is 1. The van der Waals surface area contributed by atoms with Crippen molar-refractivity contribution in [1.29, 1.82) is 0 Å². The van der Waals surface area contributed by atoms with Crippen molar-refractivity contribution in [3.63, 3.8) is 0 Å². The molecule has 3 rings (SSSR count). The van der Waals surface area contributed by atoms with E-state index >= 15 is 0 Å². The zero-order valence-electron chi connectivity index (χ0n) is 12.0. The third kappa shape index (κ3) is 3.60. The summed E-state index contributed by atoms with van der Waals surface area (Å²) in [7, 11) is 0. The molecule has 4 nitrogen and oxygen atoms in total. The molecular formula is C17H20N2O2. The third-order valence-electron chi connectivity index (χ3n) is 3.82. The molecule has 110 valence electrons. The SMILES string of the molecule is O=C(CCN1CCOCC1)Nc1ccc2cccccc1-2. The van der Waals surface area contributed by atoms with Gasteiger partial charge in [-0.1, -0.05) is 36.4 Å². The third-order valence-corrected chi connectivity index (χ3v) is 3.82. The van der Waals surface area contributed by atoms with E-state index in [0.29, 0.717) is 6.42 Å². The first-order chi connectivity index (χ1) is 10.3. The molecule has 21 heavy (non-hydrogen) atoms. The average Bonchev–Trinajstić information content (AvgIpc) is 2.74. The predicted octanol–water partition coefficient (Wildman–Crippen LogP) is 2.45. The molecule has 1 heterocycles. The molecule has 0 spiro atoms. The number of carbonyl (C=O) groups is 1. The van der Waals surface area contributed by atoms with Crippen molar-refractivity contribution in [2.75, 3.05) is 38.2 Å². The van der Waals surface area contributed by atoms with E-state index in [-0.39, 0.29) is 5.91 Å². The molecule has 1 N–H and O–H groups in total. The van der Waals surface area contributed by atoms with Crippen molar-refractivity contribution in [1.82, 2.24) is 4.90 Å². The van der Waals surface area contributed by atoms with E-state index in [0.717, 1.165) is 49.7 Å². The number of anilines is 1. The van der Waals surface area contributed by atoms with Crippen molar-refractivity contribution in [3.05, 3.63) is 42.5 Å². The second-order valence-electron chi connectivity index (χ2n) is 5.28. The number of morpholine rings is 1. The zero-order valence-corrected chi connectivity index (χ0v) is 12.0. The fourth-order valence-electron chi connectivity index (χ4n) is 2.62. The molecule has 1 aliphatic heterocycles. The molecule has 0 radical (unpaired) electrons. The van der Waals surface area contributed by atoms with Gasteiger partial charge >= 0.3 is 0 Å². The van der Waals surface area contributed by atoms with Gasteiger partial charge in [0.2, 0.25) is 5.91 Å². The van der Waals surface area contributed by atoms with E-state index in [2.05, 4.69) is 16.3 Å². The maximum absolute atomic E-state index is 12.1. The van der Waals surface area contributed by atoms with Crippen LogP contribution in [0.1, 0.15) is 6.42 Å². The van der Waals surface area contributed by atoms with E-state index in [4.69, 9.17) is 4.74 Å². The first-order valence-corrected chi connectivity index (χ1v) is 7.41. The minimum atomic E-state index is 0.0699. The van der Waals surface area contributed by atoms with Gasteiger partial charge < -0.3 is 10.1 Å². The van der Waals surface area contributed by atoms with E-state index in [1.807, 2.05) is 36.4 Å².